The molecule has 3 rings (SSSR count). The topological polar surface area (TPSA) is 93.6 Å². The van der Waals surface area contributed by atoms with Crippen LogP contribution < -0.4 is 5.14 Å². The van der Waals surface area contributed by atoms with Crippen molar-refractivity contribution in [1.29, 1.82) is 0 Å². The quantitative estimate of drug-likeness (QED) is 0.927. The molecule has 0 aliphatic carbocycles. The number of aryl methyl sites for hydroxylation is 1. The van der Waals surface area contributed by atoms with E-state index < -0.39 is 15.1 Å². The first kappa shape index (κ1) is 15.3. The number of amides is 1. The lowest BCUT2D eigenvalue weighted by Crippen LogP contribution is -2.29. The number of primary sulfonamides is 1. The van der Waals surface area contributed by atoms with Crippen molar-refractivity contribution in [3.63, 3.8) is 0 Å². The summed E-state index contributed by atoms with van der Waals surface area (Å²) in [6, 6.07) is 5.31. The predicted molar refractivity (Wildman–Crippen MR) is 82.1 cm³/mol. The maximum absolute atomic E-state index is 12.6. The van der Waals surface area contributed by atoms with E-state index in [1.807, 2.05) is 19.1 Å². The number of carbonyl (C=O) groups excluding carboxylic acids is 1. The van der Waals surface area contributed by atoms with Crippen molar-refractivity contribution >= 4 is 27.3 Å². The van der Waals surface area contributed by atoms with Gasteiger partial charge in [-0.25, -0.2) is 13.6 Å². The average Bonchev–Trinajstić information content (AvgIpc) is 3.16. The van der Waals surface area contributed by atoms with Gasteiger partial charge in [-0.05, 0) is 31.9 Å². The number of nitrogens with two attached hydrogens (primary N) is 1. The lowest BCUT2D eigenvalue weighted by atomic mass is 10.1. The fourth-order valence-electron chi connectivity index (χ4n) is 2.68. The van der Waals surface area contributed by atoms with E-state index in [9.17, 15) is 13.2 Å². The third-order valence-corrected chi connectivity index (χ3v) is 5.58. The molecule has 1 saturated heterocycles. The van der Waals surface area contributed by atoms with Crippen molar-refractivity contribution in [2.45, 2.75) is 30.9 Å². The van der Waals surface area contributed by atoms with Crippen LogP contribution in [-0.2, 0) is 10.0 Å². The van der Waals surface area contributed by atoms with Gasteiger partial charge >= 0.3 is 0 Å². The molecular weight excluding hydrogens is 324 g/mol. The Morgan fingerprint density at radius 1 is 1.45 bits per heavy atom. The second-order valence-corrected chi connectivity index (χ2v) is 8.12. The predicted octanol–water partition coefficient (Wildman–Crippen LogP) is 2.27. The summed E-state index contributed by atoms with van der Waals surface area (Å²) in [6.07, 6.45) is 2.98. The fraction of sp³-hybridized carbons (Fsp3) is 0.357. The van der Waals surface area contributed by atoms with Crippen LogP contribution in [0.25, 0.3) is 0 Å². The molecule has 0 aromatic carbocycles. The largest absolute Gasteiger partial charge is 0.451 e. The molecule has 3 heterocycles. The molecule has 1 amide bonds. The van der Waals surface area contributed by atoms with Crippen molar-refractivity contribution < 1.29 is 17.6 Å². The Morgan fingerprint density at radius 3 is 2.82 bits per heavy atom. The van der Waals surface area contributed by atoms with E-state index in [1.54, 1.807) is 16.2 Å². The van der Waals surface area contributed by atoms with E-state index >= 15 is 0 Å². The number of nitrogens with zero attached hydrogens (tertiary/aromatic N) is 1. The van der Waals surface area contributed by atoms with Crippen LogP contribution in [0.4, 0.5) is 0 Å². The van der Waals surface area contributed by atoms with E-state index in [0.717, 1.165) is 24.0 Å². The zero-order valence-electron chi connectivity index (χ0n) is 12.0. The van der Waals surface area contributed by atoms with Gasteiger partial charge in [0, 0.05) is 22.4 Å². The molecule has 1 fully saturated rings. The van der Waals surface area contributed by atoms with Gasteiger partial charge in [-0.2, -0.15) is 0 Å². The van der Waals surface area contributed by atoms with Crippen LogP contribution in [-0.4, -0.2) is 25.8 Å². The van der Waals surface area contributed by atoms with Crippen LogP contribution in [0.2, 0.25) is 0 Å². The molecule has 1 aliphatic heterocycles. The number of likely N-dealkylation sites (tertiary alicyclic amines) is 1. The molecule has 0 bridgehead atoms. The highest BCUT2D eigenvalue weighted by molar-refractivity contribution is 7.89. The molecule has 8 heteroatoms. The molecule has 2 aromatic heterocycles. The van der Waals surface area contributed by atoms with Crippen LogP contribution in [0.15, 0.2) is 34.0 Å². The van der Waals surface area contributed by atoms with Gasteiger partial charge < -0.3 is 9.32 Å². The Morgan fingerprint density at radius 2 is 2.23 bits per heavy atom. The molecule has 1 atom stereocenters. The Kier molecular flexibility index (Phi) is 3.84. The Balaban J connectivity index is 1.86. The molecule has 22 heavy (non-hydrogen) atoms. The van der Waals surface area contributed by atoms with E-state index in [0.29, 0.717) is 6.54 Å². The molecule has 0 spiro atoms. The summed E-state index contributed by atoms with van der Waals surface area (Å²) in [5.74, 6) is -0.229. The lowest BCUT2D eigenvalue weighted by Gasteiger charge is -2.23. The van der Waals surface area contributed by atoms with Crippen molar-refractivity contribution in [2.75, 3.05) is 6.54 Å². The fourth-order valence-corrected chi connectivity index (χ4v) is 4.18. The smallest absolute Gasteiger partial charge is 0.271 e. The summed E-state index contributed by atoms with van der Waals surface area (Å²) in [7, 11) is -3.94. The first-order valence-corrected chi connectivity index (χ1v) is 9.21. The van der Waals surface area contributed by atoms with Gasteiger partial charge in [0.1, 0.15) is 6.26 Å². The summed E-state index contributed by atoms with van der Waals surface area (Å²) < 4.78 is 27.4. The van der Waals surface area contributed by atoms with E-state index in [1.165, 1.54) is 10.9 Å². The summed E-state index contributed by atoms with van der Waals surface area (Å²) in [5, 5.41) is 4.61. The van der Waals surface area contributed by atoms with E-state index in [4.69, 9.17) is 9.56 Å². The highest BCUT2D eigenvalue weighted by Gasteiger charge is 2.32. The number of sulfonamides is 1. The van der Waals surface area contributed by atoms with Gasteiger partial charge in [-0.1, -0.05) is 0 Å². The van der Waals surface area contributed by atoms with Crippen LogP contribution in [0, 0.1) is 6.92 Å². The highest BCUT2D eigenvalue weighted by atomic mass is 32.2. The number of hydrogen-bond acceptors (Lipinski definition) is 5. The zero-order valence-corrected chi connectivity index (χ0v) is 13.6. The van der Waals surface area contributed by atoms with Gasteiger partial charge in [0.15, 0.2) is 0 Å². The molecule has 6 nitrogen and oxygen atoms in total. The number of furan rings is 1. The molecule has 1 aliphatic rings. The average molecular weight is 340 g/mol. The van der Waals surface area contributed by atoms with Crippen LogP contribution in [0.1, 0.15) is 39.0 Å². The van der Waals surface area contributed by atoms with Gasteiger partial charge in [0.2, 0.25) is 5.09 Å². The molecule has 118 valence electrons. The monoisotopic (exact) mass is 340 g/mol. The molecule has 2 aromatic rings. The first-order valence-electron chi connectivity index (χ1n) is 6.85. The summed E-state index contributed by atoms with van der Waals surface area (Å²) >= 11 is 1.68. The Labute approximate surface area is 132 Å². The second-order valence-electron chi connectivity index (χ2n) is 5.30. The summed E-state index contributed by atoms with van der Waals surface area (Å²) in [6.45, 7) is 2.68. The van der Waals surface area contributed by atoms with Crippen molar-refractivity contribution in [3.05, 3.63) is 39.8 Å². The molecule has 0 radical (unpaired) electrons. The number of rotatable bonds is 3. The van der Waals surface area contributed by atoms with E-state index in [2.05, 4.69) is 0 Å². The minimum atomic E-state index is -3.94. The Hall–Kier alpha value is -1.64. The third kappa shape index (κ3) is 2.81. The normalized spacial score (nSPS) is 18.8. The SMILES string of the molecule is Cc1ccc(C2CCCN2C(=O)c2coc(S(N)(=O)=O)c2)s1. The van der Waals surface area contributed by atoms with Crippen molar-refractivity contribution in [1.82, 2.24) is 4.90 Å². The molecule has 1 unspecified atom stereocenters. The summed E-state index contributed by atoms with van der Waals surface area (Å²) in [4.78, 5) is 16.7. The highest BCUT2D eigenvalue weighted by Crippen LogP contribution is 2.36. The minimum Gasteiger partial charge on any atom is -0.451 e. The first-order chi connectivity index (χ1) is 10.4. The number of hydrogen-bond donors (Lipinski definition) is 1. The standard InChI is InChI=1S/C14H16N2O4S2/c1-9-4-5-12(21-9)11-3-2-6-16(11)14(17)10-7-13(20-8-10)22(15,18)19/h4-5,7-8,11H,2-3,6H2,1H3,(H2,15,18,19). The molecule has 2 N–H and O–H groups in total. The van der Waals surface area contributed by atoms with Gasteiger partial charge in [-0.3, -0.25) is 4.79 Å². The lowest BCUT2D eigenvalue weighted by molar-refractivity contribution is 0.0737. The third-order valence-electron chi connectivity index (χ3n) is 3.71. The molecular formula is C14H16N2O4S2. The second kappa shape index (κ2) is 5.53. The van der Waals surface area contributed by atoms with E-state index in [-0.39, 0.29) is 17.5 Å². The summed E-state index contributed by atoms with van der Waals surface area (Å²) in [5.41, 5.74) is 0.212. The van der Waals surface area contributed by atoms with Gasteiger partial charge in [0.25, 0.3) is 15.9 Å². The molecule has 0 saturated carbocycles. The number of thiophene rings is 1. The van der Waals surface area contributed by atoms with Crippen LogP contribution in [0.5, 0.6) is 0 Å². The maximum atomic E-state index is 12.6. The maximum Gasteiger partial charge on any atom is 0.271 e. The van der Waals surface area contributed by atoms with Crippen molar-refractivity contribution in [2.24, 2.45) is 5.14 Å². The van der Waals surface area contributed by atoms with Gasteiger partial charge in [-0.15, -0.1) is 11.3 Å². The van der Waals surface area contributed by atoms with Crippen LogP contribution >= 0.6 is 11.3 Å². The minimum absolute atomic E-state index is 0.0408. The van der Waals surface area contributed by atoms with Crippen molar-refractivity contribution in [3.8, 4) is 0 Å². The van der Waals surface area contributed by atoms with Gasteiger partial charge in [0.05, 0.1) is 11.6 Å². The zero-order chi connectivity index (χ0) is 15.9. The Bertz CT molecular complexity index is 806. The van der Waals surface area contributed by atoms with Crippen LogP contribution in [0.3, 0.4) is 0 Å². The number of carbonyl (C=O) groups is 1.